The van der Waals surface area contributed by atoms with Crippen LogP contribution in [0.1, 0.15) is 42.1 Å². The normalized spacial score (nSPS) is 14.7. The largest absolute Gasteiger partial charge is 0.449 e. The second-order valence-electron chi connectivity index (χ2n) is 7.34. The van der Waals surface area contributed by atoms with Gasteiger partial charge in [-0.2, -0.15) is 0 Å². The van der Waals surface area contributed by atoms with Gasteiger partial charge in [-0.15, -0.1) is 0 Å². The van der Waals surface area contributed by atoms with Crippen LogP contribution in [0.4, 0.5) is 17.1 Å². The number of benzene rings is 2. The highest BCUT2D eigenvalue weighted by Gasteiger charge is 2.23. The van der Waals surface area contributed by atoms with Gasteiger partial charge in [0.05, 0.1) is 10.5 Å². The summed E-state index contributed by atoms with van der Waals surface area (Å²) in [5.41, 5.74) is 1.82. The van der Waals surface area contributed by atoms with Crippen molar-refractivity contribution < 1.29 is 19.2 Å². The van der Waals surface area contributed by atoms with Gasteiger partial charge in [-0.1, -0.05) is 6.07 Å². The van der Waals surface area contributed by atoms with Crippen molar-refractivity contribution in [2.24, 2.45) is 0 Å². The van der Waals surface area contributed by atoms with Crippen LogP contribution in [0.25, 0.3) is 0 Å². The number of esters is 1. The molecule has 2 aromatic rings. The van der Waals surface area contributed by atoms with Crippen LogP contribution in [0.15, 0.2) is 42.5 Å². The zero-order valence-corrected chi connectivity index (χ0v) is 17.1. The fourth-order valence-electron chi connectivity index (χ4n) is 3.47. The number of carbonyl (C=O) groups is 2. The minimum Gasteiger partial charge on any atom is -0.449 e. The first-order chi connectivity index (χ1) is 14.4. The van der Waals surface area contributed by atoms with E-state index in [9.17, 15) is 19.7 Å². The molecule has 0 aliphatic carbocycles. The number of piperidine rings is 1. The van der Waals surface area contributed by atoms with Crippen LogP contribution in [-0.4, -0.2) is 36.0 Å². The lowest BCUT2D eigenvalue weighted by Crippen LogP contribution is -2.30. The number of ether oxygens (including phenoxy) is 1. The van der Waals surface area contributed by atoms with Gasteiger partial charge in [-0.05, 0) is 63.4 Å². The highest BCUT2D eigenvalue weighted by Crippen LogP contribution is 2.23. The van der Waals surface area contributed by atoms with Gasteiger partial charge in [0, 0.05) is 36.1 Å². The number of carbonyl (C=O) groups excluding carboxylic acids is 2. The summed E-state index contributed by atoms with van der Waals surface area (Å²) in [5, 5.41) is 13.8. The first kappa shape index (κ1) is 21.3. The number of rotatable bonds is 6. The summed E-state index contributed by atoms with van der Waals surface area (Å²) in [4.78, 5) is 37.6. The van der Waals surface area contributed by atoms with Crippen molar-refractivity contribution in [2.45, 2.75) is 39.2 Å². The maximum atomic E-state index is 12.4. The van der Waals surface area contributed by atoms with E-state index >= 15 is 0 Å². The molecule has 8 heteroatoms. The van der Waals surface area contributed by atoms with Gasteiger partial charge in [0.2, 0.25) is 0 Å². The first-order valence-corrected chi connectivity index (χ1v) is 9.97. The quantitative estimate of drug-likeness (QED) is 0.437. The fourth-order valence-corrected chi connectivity index (χ4v) is 3.47. The molecule has 2 aromatic carbocycles. The molecule has 1 aliphatic heterocycles. The van der Waals surface area contributed by atoms with Crippen molar-refractivity contribution in [3.05, 3.63) is 63.7 Å². The van der Waals surface area contributed by atoms with Gasteiger partial charge in [-0.25, -0.2) is 4.79 Å². The number of nitro benzene ring substituents is 1. The van der Waals surface area contributed by atoms with E-state index in [2.05, 4.69) is 10.2 Å². The van der Waals surface area contributed by atoms with E-state index < -0.39 is 22.9 Å². The molecule has 0 bridgehead atoms. The maximum absolute atomic E-state index is 12.4. The molecule has 1 amide bonds. The number of nitrogens with zero attached hydrogens (tertiary/aromatic N) is 2. The van der Waals surface area contributed by atoms with Crippen LogP contribution in [0.5, 0.6) is 0 Å². The van der Waals surface area contributed by atoms with E-state index in [4.69, 9.17) is 4.74 Å². The lowest BCUT2D eigenvalue weighted by molar-refractivity contribution is -0.385. The molecule has 30 heavy (non-hydrogen) atoms. The van der Waals surface area contributed by atoms with Crippen LogP contribution in [0.3, 0.4) is 0 Å². The van der Waals surface area contributed by atoms with Crippen LogP contribution in [0.2, 0.25) is 0 Å². The van der Waals surface area contributed by atoms with Gasteiger partial charge in [0.15, 0.2) is 6.10 Å². The van der Waals surface area contributed by atoms with Crippen LogP contribution in [0, 0.1) is 17.0 Å². The number of amides is 1. The Labute approximate surface area is 175 Å². The van der Waals surface area contributed by atoms with Crippen molar-refractivity contribution in [3.8, 4) is 0 Å². The summed E-state index contributed by atoms with van der Waals surface area (Å²) >= 11 is 0. The van der Waals surface area contributed by atoms with Gasteiger partial charge in [-0.3, -0.25) is 14.9 Å². The van der Waals surface area contributed by atoms with Crippen molar-refractivity contribution >= 4 is 28.9 Å². The summed E-state index contributed by atoms with van der Waals surface area (Å²) in [5.74, 6) is -1.25. The molecule has 8 nitrogen and oxygen atoms in total. The smallest absolute Gasteiger partial charge is 0.339 e. The Balaban J connectivity index is 1.60. The minimum atomic E-state index is -1.06. The molecule has 1 atom stereocenters. The average molecular weight is 411 g/mol. The molecule has 0 radical (unpaired) electrons. The predicted molar refractivity (Wildman–Crippen MR) is 114 cm³/mol. The van der Waals surface area contributed by atoms with Gasteiger partial charge >= 0.3 is 5.97 Å². The van der Waals surface area contributed by atoms with E-state index in [-0.39, 0.29) is 16.8 Å². The second-order valence-corrected chi connectivity index (χ2v) is 7.34. The Morgan fingerprint density at radius 3 is 2.40 bits per heavy atom. The SMILES string of the molecule is Cc1c(C(=O)O[C@H](C)C(=O)Nc2ccc(N3CCCCC3)cc2)cccc1[N+](=O)[O-]. The molecule has 1 saturated heterocycles. The average Bonchev–Trinajstić information content (AvgIpc) is 2.74. The zero-order valence-electron chi connectivity index (χ0n) is 17.1. The number of hydrogen-bond donors (Lipinski definition) is 1. The van der Waals surface area contributed by atoms with E-state index in [1.165, 1.54) is 51.3 Å². The Morgan fingerprint density at radius 1 is 1.10 bits per heavy atom. The van der Waals surface area contributed by atoms with Gasteiger partial charge < -0.3 is 15.0 Å². The van der Waals surface area contributed by atoms with Crippen molar-refractivity contribution in [1.29, 1.82) is 0 Å². The van der Waals surface area contributed by atoms with Crippen LogP contribution >= 0.6 is 0 Å². The van der Waals surface area contributed by atoms with E-state index in [0.717, 1.165) is 18.8 Å². The Morgan fingerprint density at radius 2 is 1.77 bits per heavy atom. The molecule has 3 rings (SSSR count). The Hall–Kier alpha value is -3.42. The van der Waals surface area contributed by atoms with Crippen LogP contribution < -0.4 is 10.2 Å². The van der Waals surface area contributed by atoms with E-state index in [1.807, 2.05) is 24.3 Å². The summed E-state index contributed by atoms with van der Waals surface area (Å²) in [7, 11) is 0. The molecule has 1 aliphatic rings. The van der Waals surface area contributed by atoms with E-state index in [0.29, 0.717) is 5.69 Å². The standard InChI is InChI=1S/C22H25N3O5/c1-15-19(7-6-8-20(15)25(28)29)22(27)30-16(2)21(26)23-17-9-11-18(12-10-17)24-13-4-3-5-14-24/h6-12,16H,3-5,13-14H2,1-2H3,(H,23,26)/t16-/m1/s1. The second kappa shape index (κ2) is 9.39. The molecule has 1 fully saturated rings. The minimum absolute atomic E-state index is 0.0646. The molecule has 1 heterocycles. The Bertz CT molecular complexity index is 936. The van der Waals surface area contributed by atoms with E-state index in [1.54, 1.807) is 0 Å². The molecule has 1 N–H and O–H groups in total. The van der Waals surface area contributed by atoms with Crippen molar-refractivity contribution in [3.63, 3.8) is 0 Å². The summed E-state index contributed by atoms with van der Waals surface area (Å²) < 4.78 is 5.22. The highest BCUT2D eigenvalue weighted by molar-refractivity contribution is 5.98. The molecule has 0 unspecified atom stereocenters. The number of nitrogens with one attached hydrogen (secondary N) is 1. The third-order valence-electron chi connectivity index (χ3n) is 5.23. The topological polar surface area (TPSA) is 102 Å². The van der Waals surface area contributed by atoms with Crippen molar-refractivity contribution in [2.75, 3.05) is 23.3 Å². The van der Waals surface area contributed by atoms with Crippen molar-refractivity contribution in [1.82, 2.24) is 0 Å². The first-order valence-electron chi connectivity index (χ1n) is 9.97. The Kier molecular flexibility index (Phi) is 6.66. The number of hydrogen-bond acceptors (Lipinski definition) is 6. The van der Waals surface area contributed by atoms with Gasteiger partial charge in [0.1, 0.15) is 0 Å². The van der Waals surface area contributed by atoms with Gasteiger partial charge in [0.25, 0.3) is 11.6 Å². The maximum Gasteiger partial charge on any atom is 0.339 e. The zero-order chi connectivity index (χ0) is 21.7. The highest BCUT2D eigenvalue weighted by atomic mass is 16.6. The van der Waals surface area contributed by atoms with Crippen LogP contribution in [-0.2, 0) is 9.53 Å². The molecular formula is C22H25N3O5. The summed E-state index contributed by atoms with van der Waals surface area (Å²) in [6, 6.07) is 11.7. The number of anilines is 2. The fraction of sp³-hybridized carbons (Fsp3) is 0.364. The third-order valence-corrected chi connectivity index (χ3v) is 5.23. The monoisotopic (exact) mass is 411 g/mol. The predicted octanol–water partition coefficient (Wildman–Crippen LogP) is 4.08. The molecule has 158 valence electrons. The molecular weight excluding hydrogens is 386 g/mol. The molecule has 0 spiro atoms. The summed E-state index contributed by atoms with van der Waals surface area (Å²) in [6.07, 6.45) is 2.58. The summed E-state index contributed by atoms with van der Waals surface area (Å²) in [6.45, 7) is 5.01. The lowest BCUT2D eigenvalue weighted by Gasteiger charge is -2.28. The number of nitro groups is 1. The molecule has 0 aromatic heterocycles. The third kappa shape index (κ3) is 4.94. The molecule has 0 saturated carbocycles. The lowest BCUT2D eigenvalue weighted by atomic mass is 10.1.